The molecule has 1 aromatic heterocycles. The summed E-state index contributed by atoms with van der Waals surface area (Å²) in [6, 6.07) is 1.06. The molecule has 3 heteroatoms. The summed E-state index contributed by atoms with van der Waals surface area (Å²) in [4.78, 5) is 4.64. The van der Waals surface area contributed by atoms with Crippen molar-refractivity contribution in [3.05, 3.63) is 16.1 Å². The molecule has 1 fully saturated rings. The van der Waals surface area contributed by atoms with Gasteiger partial charge in [-0.25, -0.2) is 4.98 Å². The maximum Gasteiger partial charge on any atom is 0.110 e. The molecule has 0 aliphatic heterocycles. The second-order valence-electron chi connectivity index (χ2n) is 5.34. The molecule has 0 bridgehead atoms. The number of aromatic nitrogens is 1. The molecule has 1 aromatic rings. The monoisotopic (exact) mass is 238 g/mol. The van der Waals surface area contributed by atoms with Gasteiger partial charge in [0, 0.05) is 17.1 Å². The van der Waals surface area contributed by atoms with E-state index in [0.29, 0.717) is 18.0 Å². The molecule has 0 radical (unpaired) electrons. The van der Waals surface area contributed by atoms with Crippen molar-refractivity contribution in [2.75, 3.05) is 0 Å². The Balaban J connectivity index is 2.06. The number of nitrogens with zero attached hydrogens (tertiary/aromatic N) is 1. The fourth-order valence-corrected chi connectivity index (χ4v) is 2.78. The third-order valence-electron chi connectivity index (χ3n) is 3.44. The Morgan fingerprint density at radius 1 is 1.38 bits per heavy atom. The van der Waals surface area contributed by atoms with E-state index in [4.69, 9.17) is 0 Å². The number of aryl methyl sites for hydroxylation is 1. The van der Waals surface area contributed by atoms with Crippen molar-refractivity contribution in [1.82, 2.24) is 10.3 Å². The van der Waals surface area contributed by atoms with E-state index in [1.165, 1.54) is 17.8 Å². The normalized spacial score (nSPS) is 20.1. The molecular formula is C13H22N2S. The zero-order valence-corrected chi connectivity index (χ0v) is 11.5. The summed E-state index contributed by atoms with van der Waals surface area (Å²) in [5.74, 6) is 1.51. The van der Waals surface area contributed by atoms with Crippen LogP contribution in [-0.2, 0) is 0 Å². The van der Waals surface area contributed by atoms with E-state index in [-0.39, 0.29) is 0 Å². The van der Waals surface area contributed by atoms with Crippen molar-refractivity contribution < 1.29 is 0 Å². The Kier molecular flexibility index (Phi) is 3.65. The van der Waals surface area contributed by atoms with Crippen LogP contribution in [0, 0.1) is 18.8 Å². The molecule has 1 heterocycles. The first-order valence-electron chi connectivity index (χ1n) is 6.26. The van der Waals surface area contributed by atoms with E-state index in [0.717, 1.165) is 11.6 Å². The number of hydrogen-bond acceptors (Lipinski definition) is 3. The van der Waals surface area contributed by atoms with Gasteiger partial charge in [-0.05, 0) is 38.5 Å². The highest BCUT2D eigenvalue weighted by Gasteiger charge is 2.34. The number of nitrogens with one attached hydrogen (secondary N) is 1. The number of hydrogen-bond donors (Lipinski definition) is 1. The molecule has 0 saturated heterocycles. The molecule has 1 N–H and O–H groups in total. The van der Waals surface area contributed by atoms with Gasteiger partial charge in [-0.3, -0.25) is 0 Å². The van der Waals surface area contributed by atoms with Crippen molar-refractivity contribution >= 4 is 11.3 Å². The lowest BCUT2D eigenvalue weighted by atomic mass is 10.0. The Morgan fingerprint density at radius 3 is 2.50 bits per heavy atom. The Morgan fingerprint density at radius 2 is 2.06 bits per heavy atom. The largest absolute Gasteiger partial charge is 0.305 e. The average molecular weight is 238 g/mol. The van der Waals surface area contributed by atoms with Gasteiger partial charge < -0.3 is 5.32 Å². The fourth-order valence-electron chi connectivity index (χ4n) is 1.83. The molecule has 1 saturated carbocycles. The maximum atomic E-state index is 4.64. The van der Waals surface area contributed by atoms with Crippen LogP contribution >= 0.6 is 11.3 Å². The van der Waals surface area contributed by atoms with Crippen LogP contribution in [0.3, 0.4) is 0 Å². The van der Waals surface area contributed by atoms with Crippen molar-refractivity contribution in [2.45, 2.75) is 52.6 Å². The van der Waals surface area contributed by atoms with Crippen molar-refractivity contribution in [1.29, 1.82) is 0 Å². The summed E-state index contributed by atoms with van der Waals surface area (Å²) in [5.41, 5.74) is 1.16. The SMILES string of the molecule is Cc1csc(C(NC(C)C(C)C)C2CC2)n1. The van der Waals surface area contributed by atoms with Gasteiger partial charge in [0.1, 0.15) is 5.01 Å². The smallest absolute Gasteiger partial charge is 0.110 e. The molecule has 90 valence electrons. The second-order valence-corrected chi connectivity index (χ2v) is 6.23. The molecule has 1 aliphatic rings. The molecule has 0 spiro atoms. The highest BCUT2D eigenvalue weighted by Crippen LogP contribution is 2.42. The molecule has 2 rings (SSSR count). The first-order valence-corrected chi connectivity index (χ1v) is 7.14. The first-order chi connectivity index (χ1) is 7.58. The van der Waals surface area contributed by atoms with Crippen LogP contribution in [0.25, 0.3) is 0 Å². The van der Waals surface area contributed by atoms with E-state index in [1.807, 2.05) is 0 Å². The predicted molar refractivity (Wildman–Crippen MR) is 69.8 cm³/mol. The summed E-state index contributed by atoms with van der Waals surface area (Å²) in [5, 5.41) is 7.20. The standard InChI is InChI=1S/C13H22N2S/c1-8(2)10(4)15-12(11-5-6-11)13-14-9(3)7-16-13/h7-8,10-12,15H,5-6H2,1-4H3. The Hall–Kier alpha value is -0.410. The zero-order valence-electron chi connectivity index (χ0n) is 10.7. The minimum absolute atomic E-state index is 0.496. The molecular weight excluding hydrogens is 216 g/mol. The van der Waals surface area contributed by atoms with Crippen LogP contribution in [0.5, 0.6) is 0 Å². The van der Waals surface area contributed by atoms with Crippen molar-refractivity contribution in [3.63, 3.8) is 0 Å². The van der Waals surface area contributed by atoms with Gasteiger partial charge >= 0.3 is 0 Å². The topological polar surface area (TPSA) is 24.9 Å². The van der Waals surface area contributed by atoms with E-state index < -0.39 is 0 Å². The van der Waals surface area contributed by atoms with Gasteiger partial charge in [-0.2, -0.15) is 0 Å². The van der Waals surface area contributed by atoms with E-state index in [2.05, 4.69) is 43.4 Å². The van der Waals surface area contributed by atoms with Gasteiger partial charge in [-0.15, -0.1) is 11.3 Å². The predicted octanol–water partition coefficient (Wildman–Crippen LogP) is 3.54. The molecule has 2 nitrogen and oxygen atoms in total. The van der Waals surface area contributed by atoms with Crippen LogP contribution in [0.4, 0.5) is 0 Å². The Bertz CT molecular complexity index is 341. The molecule has 0 amide bonds. The van der Waals surface area contributed by atoms with Crippen LogP contribution in [0.15, 0.2) is 5.38 Å². The lowest BCUT2D eigenvalue weighted by Gasteiger charge is -2.24. The van der Waals surface area contributed by atoms with Gasteiger partial charge in [0.15, 0.2) is 0 Å². The second kappa shape index (κ2) is 4.84. The van der Waals surface area contributed by atoms with Crippen LogP contribution in [-0.4, -0.2) is 11.0 Å². The van der Waals surface area contributed by atoms with E-state index in [9.17, 15) is 0 Å². The summed E-state index contributed by atoms with van der Waals surface area (Å²) < 4.78 is 0. The highest BCUT2D eigenvalue weighted by molar-refractivity contribution is 7.09. The van der Waals surface area contributed by atoms with E-state index in [1.54, 1.807) is 11.3 Å². The van der Waals surface area contributed by atoms with Gasteiger partial charge in [-0.1, -0.05) is 13.8 Å². The average Bonchev–Trinajstić information content (AvgIpc) is 2.97. The van der Waals surface area contributed by atoms with Crippen LogP contribution < -0.4 is 5.32 Å². The highest BCUT2D eigenvalue weighted by atomic mass is 32.1. The molecule has 1 aliphatic carbocycles. The minimum atomic E-state index is 0.496. The fraction of sp³-hybridized carbons (Fsp3) is 0.769. The molecule has 2 atom stereocenters. The summed E-state index contributed by atoms with van der Waals surface area (Å²) in [7, 11) is 0. The van der Waals surface area contributed by atoms with E-state index >= 15 is 0 Å². The summed E-state index contributed by atoms with van der Waals surface area (Å²) >= 11 is 1.81. The van der Waals surface area contributed by atoms with Crippen molar-refractivity contribution in [2.24, 2.45) is 11.8 Å². The number of thiazole rings is 1. The summed E-state index contributed by atoms with van der Waals surface area (Å²) in [6.07, 6.45) is 2.72. The van der Waals surface area contributed by atoms with Crippen LogP contribution in [0.1, 0.15) is 50.4 Å². The Labute approximate surface area is 102 Å². The third-order valence-corrected chi connectivity index (χ3v) is 4.48. The molecule has 16 heavy (non-hydrogen) atoms. The van der Waals surface area contributed by atoms with Gasteiger partial charge in [0.05, 0.1) is 6.04 Å². The first kappa shape index (κ1) is 12.1. The van der Waals surface area contributed by atoms with Gasteiger partial charge in [0.25, 0.3) is 0 Å². The zero-order chi connectivity index (χ0) is 11.7. The van der Waals surface area contributed by atoms with Gasteiger partial charge in [0.2, 0.25) is 0 Å². The van der Waals surface area contributed by atoms with Crippen molar-refractivity contribution in [3.8, 4) is 0 Å². The number of rotatable bonds is 5. The quantitative estimate of drug-likeness (QED) is 0.848. The lowest BCUT2D eigenvalue weighted by Crippen LogP contribution is -2.35. The minimum Gasteiger partial charge on any atom is -0.305 e. The molecule has 2 unspecified atom stereocenters. The lowest BCUT2D eigenvalue weighted by molar-refractivity contribution is 0.354. The maximum absolute atomic E-state index is 4.64. The van der Waals surface area contributed by atoms with Crippen LogP contribution in [0.2, 0.25) is 0 Å². The summed E-state index contributed by atoms with van der Waals surface area (Å²) in [6.45, 7) is 8.90. The molecule has 0 aromatic carbocycles. The third kappa shape index (κ3) is 2.83.